The lowest BCUT2D eigenvalue weighted by Crippen LogP contribution is -2.37. The molecule has 6 heteroatoms. The van der Waals surface area contributed by atoms with E-state index in [0.717, 1.165) is 4.47 Å². The molecule has 3 N–H and O–H groups in total. The maximum absolute atomic E-state index is 11.9. The van der Waals surface area contributed by atoms with Gasteiger partial charge >= 0.3 is 0 Å². The average molecular weight is 320 g/mol. The molecule has 1 aromatic carbocycles. The van der Waals surface area contributed by atoms with Gasteiger partial charge in [-0.1, -0.05) is 11.6 Å². The minimum Gasteiger partial charge on any atom is -0.379 e. The zero-order valence-corrected chi connectivity index (χ0v) is 11.3. The number of benzene rings is 1. The van der Waals surface area contributed by atoms with Gasteiger partial charge in [0, 0.05) is 16.2 Å². The van der Waals surface area contributed by atoms with Crippen LogP contribution < -0.4 is 11.1 Å². The van der Waals surface area contributed by atoms with Crippen molar-refractivity contribution in [2.75, 3.05) is 18.5 Å². The van der Waals surface area contributed by atoms with E-state index in [4.69, 9.17) is 22.1 Å². The molecule has 1 saturated heterocycles. The maximum Gasteiger partial charge on any atom is 0.231 e. The molecule has 17 heavy (non-hydrogen) atoms. The highest BCUT2D eigenvalue weighted by molar-refractivity contribution is 9.10. The molecule has 0 spiro atoms. The summed E-state index contributed by atoms with van der Waals surface area (Å²) in [5.41, 5.74) is 6.46. The first kappa shape index (κ1) is 12.8. The summed E-state index contributed by atoms with van der Waals surface area (Å²) >= 11 is 9.17. The smallest absolute Gasteiger partial charge is 0.231 e. The summed E-state index contributed by atoms with van der Waals surface area (Å²) in [6, 6.07) is 4.98. The highest BCUT2D eigenvalue weighted by atomic mass is 79.9. The molecule has 2 rings (SSSR count). The Kier molecular flexibility index (Phi) is 4.04. The molecular weight excluding hydrogens is 307 g/mol. The van der Waals surface area contributed by atoms with Crippen LogP contribution >= 0.6 is 27.5 Å². The van der Waals surface area contributed by atoms with Crippen LogP contribution in [0, 0.1) is 5.92 Å². The van der Waals surface area contributed by atoms with Crippen LogP contribution in [0.5, 0.6) is 0 Å². The van der Waals surface area contributed by atoms with Gasteiger partial charge in [-0.2, -0.15) is 0 Å². The Labute approximate surface area is 113 Å². The quantitative estimate of drug-likeness (QED) is 0.876. The van der Waals surface area contributed by atoms with Crippen LogP contribution in [0.15, 0.2) is 22.7 Å². The van der Waals surface area contributed by atoms with Crippen molar-refractivity contribution in [3.63, 3.8) is 0 Å². The van der Waals surface area contributed by atoms with E-state index in [1.54, 1.807) is 18.2 Å². The number of anilines is 1. The fraction of sp³-hybridized carbons (Fsp3) is 0.364. The molecule has 0 radical (unpaired) electrons. The van der Waals surface area contributed by atoms with Crippen LogP contribution in [0.25, 0.3) is 0 Å². The summed E-state index contributed by atoms with van der Waals surface area (Å²) in [6.45, 7) is 0.810. The van der Waals surface area contributed by atoms with Crippen LogP contribution in [-0.2, 0) is 9.53 Å². The van der Waals surface area contributed by atoms with E-state index in [2.05, 4.69) is 21.2 Å². The third-order valence-electron chi connectivity index (χ3n) is 2.65. The number of ether oxygens (including phenoxy) is 1. The van der Waals surface area contributed by atoms with Crippen molar-refractivity contribution in [1.82, 2.24) is 0 Å². The molecule has 2 atom stereocenters. The highest BCUT2D eigenvalue weighted by Gasteiger charge is 2.31. The van der Waals surface area contributed by atoms with Crippen molar-refractivity contribution < 1.29 is 9.53 Å². The monoisotopic (exact) mass is 318 g/mol. The predicted octanol–water partition coefficient (Wildman–Crippen LogP) is 2.01. The number of carbonyl (C=O) groups is 1. The van der Waals surface area contributed by atoms with Crippen molar-refractivity contribution in [1.29, 1.82) is 0 Å². The standard InChI is InChI=1S/C11H12BrClN2O2/c12-8-3-6(1-2-9(8)13)15-11(16)7-4-17-5-10(7)14/h1-3,7,10H,4-5,14H2,(H,15,16). The first-order chi connectivity index (χ1) is 8.08. The summed E-state index contributed by atoms with van der Waals surface area (Å²) in [4.78, 5) is 11.9. The van der Waals surface area contributed by atoms with Crippen molar-refractivity contribution in [3.05, 3.63) is 27.7 Å². The van der Waals surface area contributed by atoms with Gasteiger partial charge in [0.25, 0.3) is 0 Å². The van der Waals surface area contributed by atoms with Gasteiger partial charge in [-0.3, -0.25) is 4.79 Å². The third kappa shape index (κ3) is 2.98. The molecule has 0 saturated carbocycles. The van der Waals surface area contributed by atoms with E-state index in [-0.39, 0.29) is 17.9 Å². The second-order valence-corrected chi connectivity index (χ2v) is 5.19. The number of nitrogens with one attached hydrogen (secondary N) is 1. The largest absolute Gasteiger partial charge is 0.379 e. The molecule has 0 aromatic heterocycles. The van der Waals surface area contributed by atoms with Gasteiger partial charge in [-0.15, -0.1) is 0 Å². The van der Waals surface area contributed by atoms with Gasteiger partial charge < -0.3 is 15.8 Å². The Balaban J connectivity index is 2.05. The summed E-state index contributed by atoms with van der Waals surface area (Å²) in [7, 11) is 0. The molecule has 4 nitrogen and oxygen atoms in total. The number of hydrogen-bond donors (Lipinski definition) is 2. The van der Waals surface area contributed by atoms with E-state index in [1.807, 2.05) is 0 Å². The molecule has 1 aliphatic rings. The van der Waals surface area contributed by atoms with Crippen LogP contribution in [0.1, 0.15) is 0 Å². The van der Waals surface area contributed by atoms with Crippen LogP contribution in [-0.4, -0.2) is 25.2 Å². The fourth-order valence-corrected chi connectivity index (χ4v) is 2.15. The second kappa shape index (κ2) is 5.35. The normalized spacial score (nSPS) is 23.7. The Morgan fingerprint density at radius 2 is 2.29 bits per heavy atom. The lowest BCUT2D eigenvalue weighted by atomic mass is 10.0. The van der Waals surface area contributed by atoms with Crippen LogP contribution in [0.2, 0.25) is 5.02 Å². The summed E-state index contributed by atoms with van der Waals surface area (Å²) in [6.07, 6.45) is 0. The molecular formula is C11H12BrClN2O2. The van der Waals surface area contributed by atoms with E-state index >= 15 is 0 Å². The second-order valence-electron chi connectivity index (χ2n) is 3.93. The lowest BCUT2D eigenvalue weighted by molar-refractivity contribution is -0.120. The van der Waals surface area contributed by atoms with Crippen LogP contribution in [0.4, 0.5) is 5.69 Å². The first-order valence-electron chi connectivity index (χ1n) is 5.17. The van der Waals surface area contributed by atoms with Gasteiger partial charge in [0.1, 0.15) is 0 Å². The van der Waals surface area contributed by atoms with Gasteiger partial charge in [0.2, 0.25) is 5.91 Å². The molecule has 1 amide bonds. The number of amides is 1. The number of hydrogen-bond acceptors (Lipinski definition) is 3. The minimum atomic E-state index is -0.288. The molecule has 1 fully saturated rings. The molecule has 92 valence electrons. The summed E-state index contributed by atoms with van der Waals surface area (Å²) in [5, 5.41) is 3.40. The Bertz CT molecular complexity index is 441. The summed E-state index contributed by atoms with van der Waals surface area (Å²) < 4.78 is 5.89. The third-order valence-corrected chi connectivity index (χ3v) is 3.86. The minimum absolute atomic E-state index is 0.121. The fourth-order valence-electron chi connectivity index (χ4n) is 1.65. The van der Waals surface area contributed by atoms with E-state index in [1.165, 1.54) is 0 Å². The Hall–Kier alpha value is -0.620. The van der Waals surface area contributed by atoms with Gasteiger partial charge in [-0.05, 0) is 34.1 Å². The van der Waals surface area contributed by atoms with Crippen molar-refractivity contribution >= 4 is 39.1 Å². The van der Waals surface area contributed by atoms with Crippen molar-refractivity contribution in [3.8, 4) is 0 Å². The lowest BCUT2D eigenvalue weighted by Gasteiger charge is -2.13. The van der Waals surface area contributed by atoms with Crippen molar-refractivity contribution in [2.24, 2.45) is 11.7 Å². The van der Waals surface area contributed by atoms with Crippen LogP contribution in [0.3, 0.4) is 0 Å². The number of nitrogens with two attached hydrogens (primary N) is 1. The predicted molar refractivity (Wildman–Crippen MR) is 70.1 cm³/mol. The molecule has 1 aromatic rings. The molecule has 1 heterocycles. The SMILES string of the molecule is NC1COCC1C(=O)Nc1ccc(Cl)c(Br)c1. The highest BCUT2D eigenvalue weighted by Crippen LogP contribution is 2.26. The van der Waals surface area contributed by atoms with E-state index < -0.39 is 0 Å². The van der Waals surface area contributed by atoms with Gasteiger partial charge in [0.15, 0.2) is 0 Å². The van der Waals surface area contributed by atoms with E-state index in [9.17, 15) is 4.79 Å². The molecule has 1 aliphatic heterocycles. The zero-order chi connectivity index (χ0) is 12.4. The molecule has 0 bridgehead atoms. The number of halogens is 2. The van der Waals surface area contributed by atoms with Gasteiger partial charge in [0.05, 0.1) is 24.2 Å². The van der Waals surface area contributed by atoms with Gasteiger partial charge in [-0.25, -0.2) is 0 Å². The molecule has 0 aliphatic carbocycles. The zero-order valence-electron chi connectivity index (χ0n) is 8.95. The molecule has 2 unspecified atom stereocenters. The maximum atomic E-state index is 11.9. The Morgan fingerprint density at radius 1 is 1.53 bits per heavy atom. The van der Waals surface area contributed by atoms with Crippen molar-refractivity contribution in [2.45, 2.75) is 6.04 Å². The van der Waals surface area contributed by atoms with E-state index in [0.29, 0.717) is 23.9 Å². The average Bonchev–Trinajstić information content (AvgIpc) is 2.70. The first-order valence-corrected chi connectivity index (χ1v) is 6.34. The summed E-state index contributed by atoms with van der Waals surface area (Å²) in [5.74, 6) is -0.409. The Morgan fingerprint density at radius 3 is 2.88 bits per heavy atom. The number of rotatable bonds is 2. The number of carbonyl (C=O) groups excluding carboxylic acids is 1. The topological polar surface area (TPSA) is 64.3 Å².